The van der Waals surface area contributed by atoms with Crippen LogP contribution in [0.5, 0.6) is 5.75 Å². The minimum Gasteiger partial charge on any atom is -0.508 e. The van der Waals surface area contributed by atoms with E-state index in [0.717, 1.165) is 27.5 Å². The summed E-state index contributed by atoms with van der Waals surface area (Å²) in [6, 6.07) is 9.22. The summed E-state index contributed by atoms with van der Waals surface area (Å²) in [5.74, 6) is 0.239. The lowest BCUT2D eigenvalue weighted by atomic mass is 10.1. The maximum Gasteiger partial charge on any atom is 0.145 e. The number of phenols is 1. The standard InChI is InChI=1S/C14H9N3O/c18-9-3-4-10-11(8-9)14-16-6-7-17(14)12-2-1-5-15-13(10)12/h1-8,18H. The topological polar surface area (TPSA) is 50.4 Å². The van der Waals surface area contributed by atoms with Gasteiger partial charge < -0.3 is 5.11 Å². The number of fused-ring (bicyclic) bond motifs is 6. The second-order valence-electron chi connectivity index (χ2n) is 4.22. The van der Waals surface area contributed by atoms with Crippen molar-refractivity contribution in [1.82, 2.24) is 14.4 Å². The van der Waals surface area contributed by atoms with Crippen LogP contribution >= 0.6 is 0 Å². The molecule has 0 aliphatic rings. The fraction of sp³-hybridized carbons (Fsp3) is 0. The van der Waals surface area contributed by atoms with Gasteiger partial charge in [0.15, 0.2) is 0 Å². The third kappa shape index (κ3) is 1.09. The normalized spacial score (nSPS) is 11.6. The predicted octanol–water partition coefficient (Wildman–Crippen LogP) is 2.74. The number of pyridine rings is 2. The van der Waals surface area contributed by atoms with Crippen LogP contribution in [0, 0.1) is 0 Å². The molecule has 0 radical (unpaired) electrons. The van der Waals surface area contributed by atoms with E-state index in [1.165, 1.54) is 0 Å². The number of phenolic OH excluding ortho intramolecular Hbond substituents is 1. The fourth-order valence-electron chi connectivity index (χ4n) is 2.42. The average Bonchev–Trinajstić information content (AvgIpc) is 2.88. The van der Waals surface area contributed by atoms with Gasteiger partial charge in [-0.2, -0.15) is 0 Å². The molecule has 0 amide bonds. The molecular weight excluding hydrogens is 226 g/mol. The third-order valence-corrected chi connectivity index (χ3v) is 3.19. The van der Waals surface area contributed by atoms with Crippen molar-refractivity contribution in [2.45, 2.75) is 0 Å². The van der Waals surface area contributed by atoms with E-state index >= 15 is 0 Å². The molecule has 0 fully saturated rings. The molecule has 1 N–H and O–H groups in total. The van der Waals surface area contributed by atoms with E-state index in [-0.39, 0.29) is 5.75 Å². The Morgan fingerprint density at radius 1 is 1.00 bits per heavy atom. The highest BCUT2D eigenvalue weighted by atomic mass is 16.3. The Kier molecular flexibility index (Phi) is 1.67. The van der Waals surface area contributed by atoms with Gasteiger partial charge in [-0.05, 0) is 30.3 Å². The number of benzene rings is 1. The summed E-state index contributed by atoms with van der Waals surface area (Å²) in [5, 5.41) is 11.6. The number of nitrogens with zero attached hydrogens (tertiary/aromatic N) is 3. The first-order valence-electron chi connectivity index (χ1n) is 5.67. The van der Waals surface area contributed by atoms with E-state index in [1.807, 2.05) is 28.8 Å². The molecule has 0 aliphatic carbocycles. The van der Waals surface area contributed by atoms with Crippen LogP contribution in [0.15, 0.2) is 48.9 Å². The summed E-state index contributed by atoms with van der Waals surface area (Å²) in [5.41, 5.74) is 2.77. The monoisotopic (exact) mass is 235 g/mol. The molecule has 3 aromatic heterocycles. The molecule has 0 aliphatic heterocycles. The first-order chi connectivity index (χ1) is 8.84. The quantitative estimate of drug-likeness (QED) is 0.477. The van der Waals surface area contributed by atoms with Crippen LogP contribution < -0.4 is 0 Å². The van der Waals surface area contributed by atoms with Crippen LogP contribution in [-0.4, -0.2) is 19.5 Å². The highest BCUT2D eigenvalue weighted by Gasteiger charge is 2.09. The minimum atomic E-state index is 0.239. The van der Waals surface area contributed by atoms with E-state index in [1.54, 1.807) is 24.5 Å². The summed E-state index contributed by atoms with van der Waals surface area (Å²) in [7, 11) is 0. The van der Waals surface area contributed by atoms with Gasteiger partial charge in [0.25, 0.3) is 0 Å². The van der Waals surface area contributed by atoms with Crippen molar-refractivity contribution in [2.75, 3.05) is 0 Å². The summed E-state index contributed by atoms with van der Waals surface area (Å²) >= 11 is 0. The molecule has 0 saturated carbocycles. The molecule has 0 spiro atoms. The number of aromatic nitrogens is 3. The summed E-state index contributed by atoms with van der Waals surface area (Å²) < 4.78 is 1.99. The Morgan fingerprint density at radius 3 is 2.89 bits per heavy atom. The van der Waals surface area contributed by atoms with E-state index in [9.17, 15) is 5.11 Å². The molecule has 1 aromatic carbocycles. The van der Waals surface area contributed by atoms with Gasteiger partial charge in [0, 0.05) is 29.4 Å². The number of hydrogen-bond acceptors (Lipinski definition) is 3. The highest BCUT2D eigenvalue weighted by molar-refractivity contribution is 6.10. The number of rotatable bonds is 0. The fourth-order valence-corrected chi connectivity index (χ4v) is 2.42. The van der Waals surface area contributed by atoms with Crippen molar-refractivity contribution in [3.8, 4) is 5.75 Å². The number of hydrogen-bond donors (Lipinski definition) is 1. The van der Waals surface area contributed by atoms with Crippen LogP contribution in [0.1, 0.15) is 0 Å². The lowest BCUT2D eigenvalue weighted by Crippen LogP contribution is -1.91. The Hall–Kier alpha value is -2.62. The molecule has 4 heteroatoms. The number of imidazole rings is 1. The summed E-state index contributed by atoms with van der Waals surface area (Å²) in [6.07, 6.45) is 5.44. The van der Waals surface area contributed by atoms with Gasteiger partial charge in [0.2, 0.25) is 0 Å². The maximum atomic E-state index is 9.64. The molecule has 0 unspecified atom stereocenters. The van der Waals surface area contributed by atoms with Crippen LogP contribution in [0.3, 0.4) is 0 Å². The zero-order chi connectivity index (χ0) is 12.1. The largest absolute Gasteiger partial charge is 0.508 e. The lowest BCUT2D eigenvalue weighted by Gasteiger charge is -2.07. The van der Waals surface area contributed by atoms with Crippen LogP contribution in [0.4, 0.5) is 0 Å². The minimum absolute atomic E-state index is 0.239. The Labute approximate surface area is 102 Å². The van der Waals surface area contributed by atoms with Gasteiger partial charge in [0.05, 0.1) is 11.0 Å². The first-order valence-corrected chi connectivity index (χ1v) is 5.67. The molecule has 0 bridgehead atoms. The molecular formula is C14H9N3O. The molecule has 4 nitrogen and oxygen atoms in total. The molecule has 18 heavy (non-hydrogen) atoms. The van der Waals surface area contributed by atoms with Crippen molar-refractivity contribution in [1.29, 1.82) is 0 Å². The van der Waals surface area contributed by atoms with Crippen LogP contribution in [-0.2, 0) is 0 Å². The van der Waals surface area contributed by atoms with Crippen molar-refractivity contribution >= 4 is 27.5 Å². The number of aromatic hydroxyl groups is 1. The zero-order valence-electron chi connectivity index (χ0n) is 9.41. The van der Waals surface area contributed by atoms with E-state index < -0.39 is 0 Å². The van der Waals surface area contributed by atoms with Gasteiger partial charge >= 0.3 is 0 Å². The molecule has 4 aromatic rings. The van der Waals surface area contributed by atoms with Gasteiger partial charge in [-0.15, -0.1) is 0 Å². The second-order valence-corrected chi connectivity index (χ2v) is 4.22. The molecule has 3 heterocycles. The second kappa shape index (κ2) is 3.20. The Balaban J connectivity index is 2.44. The van der Waals surface area contributed by atoms with Crippen LogP contribution in [0.2, 0.25) is 0 Å². The molecule has 86 valence electrons. The van der Waals surface area contributed by atoms with Crippen molar-refractivity contribution < 1.29 is 5.11 Å². The third-order valence-electron chi connectivity index (χ3n) is 3.19. The van der Waals surface area contributed by atoms with E-state index in [0.29, 0.717) is 0 Å². The Morgan fingerprint density at radius 2 is 1.94 bits per heavy atom. The van der Waals surface area contributed by atoms with Gasteiger partial charge in [0.1, 0.15) is 11.4 Å². The highest BCUT2D eigenvalue weighted by Crippen LogP contribution is 2.29. The van der Waals surface area contributed by atoms with E-state index in [4.69, 9.17) is 0 Å². The Bertz CT molecular complexity index is 895. The predicted molar refractivity (Wildman–Crippen MR) is 69.7 cm³/mol. The summed E-state index contributed by atoms with van der Waals surface area (Å²) in [4.78, 5) is 8.80. The van der Waals surface area contributed by atoms with E-state index in [2.05, 4.69) is 9.97 Å². The maximum absolute atomic E-state index is 9.64. The molecule has 0 saturated heterocycles. The average molecular weight is 235 g/mol. The smallest absolute Gasteiger partial charge is 0.145 e. The molecule has 4 rings (SSSR count). The SMILES string of the molecule is Oc1ccc2c(c1)c1nccn1c1cccnc21. The van der Waals surface area contributed by atoms with Gasteiger partial charge in [-0.25, -0.2) is 4.98 Å². The van der Waals surface area contributed by atoms with Crippen molar-refractivity contribution in [3.63, 3.8) is 0 Å². The first kappa shape index (κ1) is 9.41. The zero-order valence-corrected chi connectivity index (χ0v) is 9.41. The summed E-state index contributed by atoms with van der Waals surface area (Å²) in [6.45, 7) is 0. The van der Waals surface area contributed by atoms with Crippen molar-refractivity contribution in [3.05, 3.63) is 48.9 Å². The van der Waals surface area contributed by atoms with Gasteiger partial charge in [-0.3, -0.25) is 9.38 Å². The van der Waals surface area contributed by atoms with Crippen molar-refractivity contribution in [2.24, 2.45) is 0 Å². The van der Waals surface area contributed by atoms with Crippen LogP contribution in [0.25, 0.3) is 27.5 Å². The lowest BCUT2D eigenvalue weighted by molar-refractivity contribution is 0.476. The van der Waals surface area contributed by atoms with Gasteiger partial charge in [-0.1, -0.05) is 0 Å². The molecule has 0 atom stereocenters.